The Labute approximate surface area is 172 Å². The van der Waals surface area contributed by atoms with Crippen LogP contribution in [0.5, 0.6) is 5.75 Å². The predicted molar refractivity (Wildman–Crippen MR) is 107 cm³/mol. The van der Waals surface area contributed by atoms with Gasteiger partial charge in [-0.25, -0.2) is 19.7 Å². The van der Waals surface area contributed by atoms with Gasteiger partial charge in [0.25, 0.3) is 0 Å². The van der Waals surface area contributed by atoms with Gasteiger partial charge < -0.3 is 14.8 Å². The molecule has 2 aromatic rings. The quantitative estimate of drug-likeness (QED) is 0.249. The summed E-state index contributed by atoms with van der Waals surface area (Å²) in [6.07, 6.45) is 8.08. The van der Waals surface area contributed by atoms with E-state index in [4.69, 9.17) is 26.5 Å². The highest BCUT2D eigenvalue weighted by Gasteiger charge is 2.26. The second-order valence-electron chi connectivity index (χ2n) is 6.21. The third-order valence-electron chi connectivity index (χ3n) is 4.45. The summed E-state index contributed by atoms with van der Waals surface area (Å²) in [4.78, 5) is 30.8. The molecular weight excluding hydrogens is 402 g/mol. The van der Waals surface area contributed by atoms with Crippen LogP contribution in [0.2, 0.25) is 5.15 Å². The van der Waals surface area contributed by atoms with Gasteiger partial charge in [0.1, 0.15) is 5.15 Å². The Balaban J connectivity index is 1.68. The number of rotatable bonds is 6. The minimum absolute atomic E-state index is 0.202. The van der Waals surface area contributed by atoms with Crippen LogP contribution in [0.3, 0.4) is 0 Å². The number of carbonyl (C=O) groups is 1. The van der Waals surface area contributed by atoms with Crippen LogP contribution in [0.1, 0.15) is 30.0 Å². The number of thioether (sulfide) groups is 1. The molecule has 148 valence electrons. The van der Waals surface area contributed by atoms with E-state index < -0.39 is 6.09 Å². The summed E-state index contributed by atoms with van der Waals surface area (Å²) in [7, 11) is 0. The molecule has 1 aliphatic rings. The van der Waals surface area contributed by atoms with Crippen LogP contribution in [0.4, 0.5) is 4.79 Å². The SMILES string of the molecule is CSc1ncc(CC=NOc2ccnc(Cl)c2)c(C2CCN(C(=O)O)CC2)n1. The third kappa shape index (κ3) is 5.32. The van der Waals surface area contributed by atoms with Crippen LogP contribution in [0.25, 0.3) is 0 Å². The van der Waals surface area contributed by atoms with Crippen LogP contribution in [-0.4, -0.2) is 56.6 Å². The van der Waals surface area contributed by atoms with E-state index >= 15 is 0 Å². The molecule has 1 N–H and O–H groups in total. The molecule has 3 heterocycles. The van der Waals surface area contributed by atoms with Crippen LogP contribution in [0, 0.1) is 0 Å². The molecule has 0 unspecified atom stereocenters. The Morgan fingerprint density at radius 2 is 2.25 bits per heavy atom. The topological polar surface area (TPSA) is 101 Å². The van der Waals surface area contributed by atoms with E-state index in [-0.39, 0.29) is 5.92 Å². The van der Waals surface area contributed by atoms with Gasteiger partial charge in [0.15, 0.2) is 10.9 Å². The molecule has 2 aromatic heterocycles. The Morgan fingerprint density at radius 3 is 2.93 bits per heavy atom. The lowest BCUT2D eigenvalue weighted by molar-refractivity contribution is 0.131. The van der Waals surface area contributed by atoms with Crippen LogP contribution < -0.4 is 4.84 Å². The molecule has 0 bridgehead atoms. The number of aromatic nitrogens is 3. The number of hydrogen-bond acceptors (Lipinski definition) is 7. The van der Waals surface area contributed by atoms with Crippen molar-refractivity contribution in [2.24, 2.45) is 5.16 Å². The van der Waals surface area contributed by atoms with Crippen molar-refractivity contribution in [3.63, 3.8) is 0 Å². The average Bonchev–Trinajstić information content (AvgIpc) is 2.71. The first-order valence-corrected chi connectivity index (χ1v) is 10.3. The van der Waals surface area contributed by atoms with E-state index in [0.717, 1.165) is 24.1 Å². The van der Waals surface area contributed by atoms with Crippen LogP contribution in [0.15, 0.2) is 34.8 Å². The molecule has 3 rings (SSSR count). The highest BCUT2D eigenvalue weighted by atomic mass is 35.5. The summed E-state index contributed by atoms with van der Waals surface area (Å²) < 4.78 is 0. The van der Waals surface area contributed by atoms with E-state index in [2.05, 4.69) is 15.1 Å². The van der Waals surface area contributed by atoms with E-state index in [9.17, 15) is 4.79 Å². The Morgan fingerprint density at radius 1 is 1.46 bits per heavy atom. The van der Waals surface area contributed by atoms with E-state index in [1.54, 1.807) is 24.5 Å². The monoisotopic (exact) mass is 421 g/mol. The number of likely N-dealkylation sites (tertiary alicyclic amines) is 1. The molecule has 0 saturated carbocycles. The minimum Gasteiger partial charge on any atom is -0.465 e. The van der Waals surface area contributed by atoms with Gasteiger partial charge >= 0.3 is 6.09 Å². The lowest BCUT2D eigenvalue weighted by atomic mass is 9.90. The first kappa shape index (κ1) is 20.3. The summed E-state index contributed by atoms with van der Waals surface area (Å²) >= 11 is 7.30. The Bertz CT molecular complexity index is 859. The summed E-state index contributed by atoms with van der Waals surface area (Å²) in [6, 6.07) is 3.25. The Hall–Kier alpha value is -2.39. The van der Waals surface area contributed by atoms with E-state index in [0.29, 0.717) is 35.6 Å². The van der Waals surface area contributed by atoms with Gasteiger partial charge in [-0.3, -0.25) is 0 Å². The van der Waals surface area contributed by atoms with Gasteiger partial charge in [0.05, 0.1) is 5.69 Å². The number of oxime groups is 1. The molecule has 1 fully saturated rings. The molecule has 0 spiro atoms. The number of pyridine rings is 1. The largest absolute Gasteiger partial charge is 0.465 e. The van der Waals surface area contributed by atoms with Gasteiger partial charge in [-0.2, -0.15) is 0 Å². The van der Waals surface area contributed by atoms with Crippen molar-refractivity contribution >= 4 is 35.7 Å². The highest BCUT2D eigenvalue weighted by molar-refractivity contribution is 7.98. The molecule has 10 heteroatoms. The second-order valence-corrected chi connectivity index (χ2v) is 7.37. The zero-order valence-electron chi connectivity index (χ0n) is 15.3. The molecule has 1 saturated heterocycles. The van der Waals surface area contributed by atoms with Crippen molar-refractivity contribution in [2.75, 3.05) is 19.3 Å². The lowest BCUT2D eigenvalue weighted by Crippen LogP contribution is -2.37. The number of nitrogens with zero attached hydrogens (tertiary/aromatic N) is 5. The maximum absolute atomic E-state index is 11.1. The average molecular weight is 422 g/mol. The summed E-state index contributed by atoms with van der Waals surface area (Å²) in [5.41, 5.74) is 1.93. The molecule has 8 nitrogen and oxygen atoms in total. The molecule has 0 atom stereocenters. The lowest BCUT2D eigenvalue weighted by Gasteiger charge is -2.30. The molecular formula is C18H20ClN5O3S. The van der Waals surface area contributed by atoms with Gasteiger partial charge in [0.2, 0.25) is 0 Å². The summed E-state index contributed by atoms with van der Waals surface area (Å²) in [5, 5.41) is 14.2. The first-order chi connectivity index (χ1) is 13.6. The third-order valence-corrected chi connectivity index (χ3v) is 5.22. The highest BCUT2D eigenvalue weighted by Crippen LogP contribution is 2.30. The Kier molecular flexibility index (Phi) is 7.05. The number of hydrogen-bond donors (Lipinski definition) is 1. The van der Waals surface area contributed by atoms with Crippen molar-refractivity contribution in [3.8, 4) is 5.75 Å². The molecule has 1 amide bonds. The molecule has 28 heavy (non-hydrogen) atoms. The van der Waals surface area contributed by atoms with Crippen LogP contribution in [-0.2, 0) is 6.42 Å². The fourth-order valence-electron chi connectivity index (χ4n) is 3.03. The fraction of sp³-hybridized carbons (Fsp3) is 0.389. The normalized spacial score (nSPS) is 15.1. The molecule has 0 aromatic carbocycles. The summed E-state index contributed by atoms with van der Waals surface area (Å²) in [5.74, 6) is 0.708. The minimum atomic E-state index is -0.869. The zero-order valence-corrected chi connectivity index (χ0v) is 16.9. The maximum Gasteiger partial charge on any atom is 0.407 e. The van der Waals surface area contributed by atoms with Crippen LogP contribution >= 0.6 is 23.4 Å². The first-order valence-electron chi connectivity index (χ1n) is 8.75. The van der Waals surface area contributed by atoms with Gasteiger partial charge in [-0.15, -0.1) is 0 Å². The molecule has 1 aliphatic heterocycles. The van der Waals surface area contributed by atoms with Crippen molar-refractivity contribution in [3.05, 3.63) is 40.9 Å². The number of halogens is 1. The van der Waals surface area contributed by atoms with Crippen molar-refractivity contribution in [1.29, 1.82) is 0 Å². The zero-order chi connectivity index (χ0) is 19.9. The van der Waals surface area contributed by atoms with Gasteiger partial charge in [-0.1, -0.05) is 28.5 Å². The van der Waals surface area contributed by atoms with Gasteiger partial charge in [-0.05, 0) is 24.7 Å². The standard InChI is InChI=1S/C18H20ClN5O3S/c1-28-17-21-11-13(2-7-22-27-14-3-6-20-15(19)10-14)16(23-17)12-4-8-24(9-5-12)18(25)26/h3,6-7,10-12H,2,4-5,8-9H2,1H3,(H,25,26). The smallest absolute Gasteiger partial charge is 0.407 e. The number of carboxylic acid groups (broad SMARTS) is 1. The van der Waals surface area contributed by atoms with Gasteiger partial charge in [0, 0.05) is 56.2 Å². The summed E-state index contributed by atoms with van der Waals surface area (Å²) in [6.45, 7) is 1.02. The second kappa shape index (κ2) is 9.70. The van der Waals surface area contributed by atoms with E-state index in [1.165, 1.54) is 16.7 Å². The van der Waals surface area contributed by atoms with Crippen molar-refractivity contribution in [2.45, 2.75) is 30.3 Å². The maximum atomic E-state index is 11.1. The van der Waals surface area contributed by atoms with Crippen molar-refractivity contribution in [1.82, 2.24) is 19.9 Å². The molecule has 0 aliphatic carbocycles. The molecule has 0 radical (unpaired) electrons. The number of piperidine rings is 1. The van der Waals surface area contributed by atoms with Crippen molar-refractivity contribution < 1.29 is 14.7 Å². The number of amides is 1. The fourth-order valence-corrected chi connectivity index (χ4v) is 3.54. The van der Waals surface area contributed by atoms with E-state index in [1.807, 2.05) is 12.5 Å². The predicted octanol–water partition coefficient (Wildman–Crippen LogP) is 3.71.